The van der Waals surface area contributed by atoms with Crippen LogP contribution in [0.5, 0.6) is 11.5 Å². The number of allylic oxidation sites excluding steroid dienone is 1. The van der Waals surface area contributed by atoms with Gasteiger partial charge in [-0.25, -0.2) is 13.4 Å². The molecule has 1 saturated heterocycles. The number of aliphatic imine (C=N–C) groups is 1. The van der Waals surface area contributed by atoms with Crippen LogP contribution in [0.2, 0.25) is 0 Å². The molecule has 0 unspecified atom stereocenters. The first-order chi connectivity index (χ1) is 43.5. The van der Waals surface area contributed by atoms with Gasteiger partial charge in [0.15, 0.2) is 5.96 Å². The van der Waals surface area contributed by atoms with Crippen LogP contribution in [0.1, 0.15) is 174 Å². The van der Waals surface area contributed by atoms with E-state index in [1.807, 2.05) is 72.8 Å². The van der Waals surface area contributed by atoms with E-state index in [2.05, 4.69) is 85.5 Å². The second-order valence-electron chi connectivity index (χ2n) is 27.6. The molecule has 9 aliphatic rings. The van der Waals surface area contributed by atoms with Crippen molar-refractivity contribution in [3.63, 3.8) is 0 Å². The fourth-order valence-electron chi connectivity index (χ4n) is 17.7. The first-order valence-corrected chi connectivity index (χ1v) is 34.3. The number of hydrogen-bond donors (Lipinski definition) is 6. The number of hydrogen-bond acceptors (Lipinski definition) is 10. The number of nitrogens with zero attached hydrogens (tertiary/aromatic N) is 1. The van der Waals surface area contributed by atoms with E-state index >= 15 is 0 Å². The Morgan fingerprint density at radius 2 is 1.57 bits per heavy atom. The number of fused-ring (bicyclic) bond motifs is 13. The van der Waals surface area contributed by atoms with E-state index in [0.29, 0.717) is 74.7 Å². The topological polar surface area (TPSA) is 221 Å². The Morgan fingerprint density at radius 1 is 0.813 bits per heavy atom. The predicted molar refractivity (Wildman–Crippen MR) is 350 cm³/mol. The molecule has 0 amide bonds. The van der Waals surface area contributed by atoms with E-state index < -0.39 is 56.7 Å². The van der Waals surface area contributed by atoms with E-state index in [4.69, 9.17) is 25.9 Å². The number of guanidine groups is 1. The Balaban J connectivity index is 0.00000758. The van der Waals surface area contributed by atoms with Crippen LogP contribution in [0.3, 0.4) is 0 Å². The quantitative estimate of drug-likeness (QED) is 0.0199. The van der Waals surface area contributed by atoms with Crippen LogP contribution in [0.25, 0.3) is 10.8 Å². The van der Waals surface area contributed by atoms with E-state index in [-0.39, 0.29) is 96.4 Å². The van der Waals surface area contributed by atoms with Crippen LogP contribution in [-0.2, 0) is 52.7 Å². The van der Waals surface area contributed by atoms with Gasteiger partial charge >= 0.3 is 29.6 Å². The Labute approximate surface area is 557 Å². The van der Waals surface area contributed by atoms with Crippen molar-refractivity contribution in [2.45, 2.75) is 162 Å². The zero-order chi connectivity index (χ0) is 62.1. The number of phenols is 1. The Kier molecular flexibility index (Phi) is 18.1. The summed E-state index contributed by atoms with van der Waals surface area (Å²) in [5.41, 5.74) is 23.0. The molecule has 1 saturated carbocycles. The van der Waals surface area contributed by atoms with Crippen LogP contribution in [0, 0.1) is 41.4 Å². The van der Waals surface area contributed by atoms with Crippen molar-refractivity contribution in [3.8, 4) is 23.3 Å². The van der Waals surface area contributed by atoms with Crippen molar-refractivity contribution < 1.29 is 72.4 Å². The number of aryl methyl sites for hydroxylation is 3. The van der Waals surface area contributed by atoms with Gasteiger partial charge in [0.25, 0.3) is 0 Å². The van der Waals surface area contributed by atoms with Crippen molar-refractivity contribution in [1.82, 2.24) is 0 Å². The standard InChI is InChI=1S/C77H83N3O9S.Na/c1-46-16-17-55-38-62-28-31-65(55)68(46)42-72(90(85,86)87)70-40-58-36-57(39-63-34-48(45-81)11-7-13-53-37-61(82)27-30-67(53)74(58)88-63)73(70)51-22-25-59(26-23-51)77(89-62,80-75(78)79)44-60(33-47-9-3-2-4-10-47)76(84)32-8-14-56(43-76)52-24-29-66-54(35-52)21-20-50-19-18-49-12-5-6-15-64(49)69(50)41-71(66)83;/h2-6,9-10,12,15,18-19,22-31,35,37-38,40,46,48,56-57,60,63,68,70-74,81-84H,8,11,14,16-17,20-21,32-34,36,39,41-45H2,1H3,(H4,78,79,80)(H,85,86,87);/q;+1/p-1/t46-,48+,56+,57-,60+,63-,68+,70-,71-,72-,73+,74-,76-,77+;/m1./s1. The SMILES string of the molecule is C[C@@H]1CCc2cc3ccc2[C@H]1C[C@@H](S(=O)(=O)[O-])[C@H]1C=C2C[C@H](C[C@H]4C[C@@H](CO)CC#Cc5cc(O)ccc5[C@@H]2O4)[C@@H]1c1ccc(cc1)[C@@](C[C@H](Cc1ccccc1)[C@@]1(O)CCC[C@H](c2ccc4c(c2)CCc2ccc5ccccc5c2C[C@H]4O)C1)(N=C(N)N)O3.[Na+]. The number of rotatable bonds is 9. The summed E-state index contributed by atoms with van der Waals surface area (Å²) in [5, 5.41) is 48.4. The molecule has 0 aromatic heterocycles. The second kappa shape index (κ2) is 25.9. The minimum Gasteiger partial charge on any atom is -0.748 e. The molecule has 7 aromatic carbocycles. The van der Waals surface area contributed by atoms with E-state index in [9.17, 15) is 33.4 Å². The second-order valence-corrected chi connectivity index (χ2v) is 29.2. The average molecular weight is 1250 g/mol. The number of phenolic OH excluding ortho intramolecular Hbond substituents is 1. The van der Waals surface area contributed by atoms with Gasteiger partial charge in [0.2, 0.25) is 5.72 Å². The van der Waals surface area contributed by atoms with Gasteiger partial charge in [-0.15, -0.1) is 0 Å². The van der Waals surface area contributed by atoms with Crippen LogP contribution in [0.4, 0.5) is 0 Å². The molecule has 10 bridgehead atoms. The molecule has 5 heterocycles. The summed E-state index contributed by atoms with van der Waals surface area (Å²) in [4.78, 5) is 5.21. The summed E-state index contributed by atoms with van der Waals surface area (Å²) in [6.45, 7) is 2.07. The maximum absolute atomic E-state index is 14.4. The fourth-order valence-corrected chi connectivity index (χ4v) is 18.7. The average Bonchev–Trinajstić information content (AvgIpc) is 1.75. The van der Waals surface area contributed by atoms with E-state index in [1.165, 1.54) is 21.9 Å². The molecule has 12 nitrogen and oxygen atoms in total. The van der Waals surface area contributed by atoms with Crippen LogP contribution < -0.4 is 45.8 Å². The molecule has 8 N–H and O–H groups in total. The third kappa shape index (κ3) is 12.7. The van der Waals surface area contributed by atoms with Gasteiger partial charge in [0.05, 0.1) is 33.2 Å². The minimum atomic E-state index is -4.97. The number of benzene rings is 7. The summed E-state index contributed by atoms with van der Waals surface area (Å²) in [5.74, 6) is 4.67. The smallest absolute Gasteiger partial charge is 0.748 e. The van der Waals surface area contributed by atoms with Gasteiger partial charge in [-0.2, -0.15) is 0 Å². The molecule has 14 atom stereocenters. The molecule has 16 rings (SSSR count). The Bertz CT molecular complexity index is 4110. The molecule has 4 aliphatic carbocycles. The van der Waals surface area contributed by atoms with Gasteiger partial charge < -0.3 is 45.9 Å². The molecule has 466 valence electrons. The summed E-state index contributed by atoms with van der Waals surface area (Å²) in [6, 6.07) is 48.9. The maximum atomic E-state index is 14.4. The monoisotopic (exact) mass is 1250 g/mol. The number of aliphatic hydroxyl groups excluding tert-OH is 2. The Hall–Kier alpha value is -6.28. The van der Waals surface area contributed by atoms with Crippen molar-refractivity contribution in [1.29, 1.82) is 0 Å². The van der Waals surface area contributed by atoms with Crippen LogP contribution >= 0.6 is 0 Å². The third-order valence-corrected chi connectivity index (χ3v) is 23.4. The fraction of sp³-hybridized carbons (Fsp3) is 0.416. The van der Waals surface area contributed by atoms with Crippen molar-refractivity contribution in [2.24, 2.45) is 46.0 Å². The first-order valence-electron chi connectivity index (χ1n) is 32.8. The zero-order valence-corrected chi connectivity index (χ0v) is 55.0. The van der Waals surface area contributed by atoms with Gasteiger partial charge in [-0.3, -0.25) is 0 Å². The van der Waals surface area contributed by atoms with E-state index in [1.54, 1.807) is 12.1 Å². The molecule has 0 radical (unpaired) electrons. The first kappa shape index (κ1) is 63.5. The van der Waals surface area contributed by atoms with E-state index in [0.717, 1.165) is 82.2 Å². The summed E-state index contributed by atoms with van der Waals surface area (Å²) in [6.07, 6.45) is 9.55. The van der Waals surface area contributed by atoms with Crippen LogP contribution in [-0.4, -0.2) is 62.9 Å². The minimum absolute atomic E-state index is 0. The molecular weight excluding hydrogens is 1170 g/mol. The molecular formula is C77H82N3NaO9S. The summed E-state index contributed by atoms with van der Waals surface area (Å²) in [7, 11) is -4.97. The largest absolute Gasteiger partial charge is 1.00 e. The molecule has 2 fully saturated rings. The third-order valence-electron chi connectivity index (χ3n) is 22.1. The molecule has 5 aliphatic heterocycles. The van der Waals surface area contributed by atoms with Crippen molar-refractivity contribution in [3.05, 3.63) is 224 Å². The molecule has 7 aromatic rings. The number of ether oxygens (including phenoxy) is 2. The van der Waals surface area contributed by atoms with Gasteiger partial charge in [0, 0.05) is 42.6 Å². The van der Waals surface area contributed by atoms with Crippen LogP contribution in [0.15, 0.2) is 162 Å². The summed E-state index contributed by atoms with van der Waals surface area (Å²) < 4.78 is 58.0. The number of nitrogens with two attached hydrogens (primary N) is 2. The number of aromatic hydroxyl groups is 1. The normalized spacial score (nSPS) is 29.5. The maximum Gasteiger partial charge on any atom is 1.00 e. The zero-order valence-electron chi connectivity index (χ0n) is 52.2. The predicted octanol–water partition coefficient (Wildman–Crippen LogP) is 9.68. The van der Waals surface area contributed by atoms with Crippen molar-refractivity contribution >= 4 is 26.9 Å². The van der Waals surface area contributed by atoms with Crippen molar-refractivity contribution in [2.75, 3.05) is 6.61 Å². The molecule has 91 heavy (non-hydrogen) atoms. The van der Waals surface area contributed by atoms with Gasteiger partial charge in [-0.05, 0) is 221 Å². The molecule has 0 spiro atoms. The van der Waals surface area contributed by atoms with Gasteiger partial charge in [-0.1, -0.05) is 146 Å². The Morgan fingerprint density at radius 3 is 2.37 bits per heavy atom. The molecule has 14 heteroatoms. The summed E-state index contributed by atoms with van der Waals surface area (Å²) >= 11 is 0. The van der Waals surface area contributed by atoms with Gasteiger partial charge in [0.1, 0.15) is 17.6 Å². The number of aliphatic hydroxyl groups is 3.